The van der Waals surface area contributed by atoms with Crippen LogP contribution in [0.5, 0.6) is 0 Å². The highest BCUT2D eigenvalue weighted by molar-refractivity contribution is 6.10. The molecule has 0 radical (unpaired) electrons. The van der Waals surface area contributed by atoms with Crippen LogP contribution in [-0.4, -0.2) is 24.0 Å². The normalized spacial score (nSPS) is 9.85. The highest BCUT2D eigenvalue weighted by atomic mass is 16.4. The van der Waals surface area contributed by atoms with Gasteiger partial charge in [-0.1, -0.05) is 24.3 Å². The molecule has 0 aliphatic carbocycles. The van der Waals surface area contributed by atoms with Gasteiger partial charge in [0.2, 0.25) is 0 Å². The molecule has 0 fully saturated rings. The van der Waals surface area contributed by atoms with E-state index in [9.17, 15) is 9.59 Å². The molecule has 0 spiro atoms. The Labute approximate surface area is 116 Å². The summed E-state index contributed by atoms with van der Waals surface area (Å²) in [5.74, 6) is -1.44. The molecule has 0 aliphatic heterocycles. The Morgan fingerprint density at radius 1 is 0.900 bits per heavy atom. The second-order valence-corrected chi connectivity index (χ2v) is 4.10. The summed E-state index contributed by atoms with van der Waals surface area (Å²) < 4.78 is 0. The molecule has 0 aliphatic rings. The fourth-order valence-corrected chi connectivity index (χ4v) is 1.87. The molecule has 102 valence electrons. The maximum Gasteiger partial charge on any atom is 0.337 e. The van der Waals surface area contributed by atoms with Gasteiger partial charge in [0.25, 0.3) is 5.91 Å². The molecule has 3 N–H and O–H groups in total. The number of hydrogen-bond donors (Lipinski definition) is 3. The third-order valence-corrected chi connectivity index (χ3v) is 2.85. The molecule has 5 heteroatoms. The predicted octanol–water partition coefficient (Wildman–Crippen LogP) is 2.68. The molecule has 0 bridgehead atoms. The lowest BCUT2D eigenvalue weighted by molar-refractivity contribution is 0.0698. The monoisotopic (exact) mass is 270 g/mol. The third kappa shape index (κ3) is 2.77. The number of carbonyl (C=O) groups is 2. The summed E-state index contributed by atoms with van der Waals surface area (Å²) >= 11 is 0. The zero-order chi connectivity index (χ0) is 14.5. The second-order valence-electron chi connectivity index (χ2n) is 4.10. The van der Waals surface area contributed by atoms with Crippen LogP contribution in [-0.2, 0) is 0 Å². The number of para-hydroxylation sites is 2. The van der Waals surface area contributed by atoms with Gasteiger partial charge in [-0.3, -0.25) is 4.79 Å². The zero-order valence-corrected chi connectivity index (χ0v) is 10.9. The van der Waals surface area contributed by atoms with Crippen molar-refractivity contribution in [2.75, 3.05) is 17.7 Å². The Morgan fingerprint density at radius 3 is 2.05 bits per heavy atom. The van der Waals surface area contributed by atoms with Crippen molar-refractivity contribution in [3.05, 3.63) is 59.7 Å². The molecule has 0 aromatic heterocycles. The summed E-state index contributed by atoms with van der Waals surface area (Å²) in [4.78, 5) is 23.3. The highest BCUT2D eigenvalue weighted by Crippen LogP contribution is 2.19. The number of amides is 1. The molecule has 0 saturated heterocycles. The fraction of sp³-hybridized carbons (Fsp3) is 0.0667. The van der Waals surface area contributed by atoms with Gasteiger partial charge < -0.3 is 15.7 Å². The summed E-state index contributed by atoms with van der Waals surface area (Å²) in [5, 5.41) is 14.6. The molecule has 20 heavy (non-hydrogen) atoms. The number of anilines is 2. The van der Waals surface area contributed by atoms with Crippen LogP contribution in [0, 0.1) is 0 Å². The van der Waals surface area contributed by atoms with Crippen LogP contribution < -0.4 is 10.6 Å². The highest BCUT2D eigenvalue weighted by Gasteiger charge is 2.14. The largest absolute Gasteiger partial charge is 0.478 e. The van der Waals surface area contributed by atoms with Crippen molar-refractivity contribution in [3.8, 4) is 0 Å². The number of benzene rings is 2. The minimum atomic E-state index is -1.08. The summed E-state index contributed by atoms with van der Waals surface area (Å²) in [7, 11) is 1.72. The zero-order valence-electron chi connectivity index (χ0n) is 10.9. The van der Waals surface area contributed by atoms with E-state index in [1.165, 1.54) is 6.07 Å². The van der Waals surface area contributed by atoms with Crippen LogP contribution in [0.1, 0.15) is 20.7 Å². The van der Waals surface area contributed by atoms with Crippen LogP contribution in [0.2, 0.25) is 0 Å². The summed E-state index contributed by atoms with van der Waals surface area (Å²) in [6, 6.07) is 13.3. The minimum Gasteiger partial charge on any atom is -0.478 e. The maximum atomic E-state index is 12.2. The average molecular weight is 270 g/mol. The second kappa shape index (κ2) is 5.88. The number of aromatic carboxylic acids is 1. The molecule has 2 rings (SSSR count). The number of hydrogen-bond acceptors (Lipinski definition) is 3. The lowest BCUT2D eigenvalue weighted by atomic mass is 10.1. The van der Waals surface area contributed by atoms with E-state index in [1.54, 1.807) is 43.4 Å². The lowest BCUT2D eigenvalue weighted by Gasteiger charge is -2.11. The van der Waals surface area contributed by atoms with E-state index in [0.29, 0.717) is 11.3 Å². The minimum absolute atomic E-state index is 0.0581. The Bertz CT molecular complexity index is 653. The van der Waals surface area contributed by atoms with Crippen molar-refractivity contribution < 1.29 is 14.7 Å². The summed E-state index contributed by atoms with van der Waals surface area (Å²) in [5.41, 5.74) is 1.46. The van der Waals surface area contributed by atoms with Gasteiger partial charge in [0.1, 0.15) is 0 Å². The number of carboxylic acid groups (broad SMARTS) is 1. The van der Waals surface area contributed by atoms with Crippen molar-refractivity contribution in [2.45, 2.75) is 0 Å². The molecule has 0 heterocycles. The first-order valence-corrected chi connectivity index (χ1v) is 6.04. The van der Waals surface area contributed by atoms with Gasteiger partial charge in [0.05, 0.1) is 16.8 Å². The van der Waals surface area contributed by atoms with Gasteiger partial charge in [0.15, 0.2) is 0 Å². The van der Waals surface area contributed by atoms with Crippen molar-refractivity contribution in [1.82, 2.24) is 0 Å². The maximum absolute atomic E-state index is 12.2. The Balaban J connectivity index is 2.31. The first-order chi connectivity index (χ1) is 9.63. The van der Waals surface area contributed by atoms with Crippen LogP contribution >= 0.6 is 0 Å². The molecule has 2 aromatic rings. The third-order valence-electron chi connectivity index (χ3n) is 2.85. The van der Waals surface area contributed by atoms with Crippen molar-refractivity contribution in [2.24, 2.45) is 0 Å². The van der Waals surface area contributed by atoms with Gasteiger partial charge in [0, 0.05) is 12.7 Å². The van der Waals surface area contributed by atoms with Crippen LogP contribution in [0.25, 0.3) is 0 Å². The Morgan fingerprint density at radius 2 is 1.45 bits per heavy atom. The lowest BCUT2D eigenvalue weighted by Crippen LogP contribution is -2.16. The molecule has 5 nitrogen and oxygen atoms in total. The molecule has 0 unspecified atom stereocenters. The molecule has 0 saturated carbocycles. The molecule has 2 aromatic carbocycles. The number of carbonyl (C=O) groups excluding carboxylic acids is 1. The fourth-order valence-electron chi connectivity index (χ4n) is 1.87. The van der Waals surface area contributed by atoms with Crippen molar-refractivity contribution >= 4 is 23.3 Å². The molecule has 1 amide bonds. The molecule has 0 atom stereocenters. The number of carboxylic acids is 1. The standard InChI is InChI=1S/C15H14N2O3/c1-16-12-8-4-2-6-10(12)14(18)17-13-9-5-3-7-11(13)15(19)20/h2-9,16H,1H3,(H,17,18)(H,19,20). The Hall–Kier alpha value is -2.82. The van der Waals surface area contributed by atoms with Gasteiger partial charge in [-0.05, 0) is 24.3 Å². The molecular weight excluding hydrogens is 256 g/mol. The van der Waals surface area contributed by atoms with E-state index in [0.717, 1.165) is 0 Å². The topological polar surface area (TPSA) is 78.4 Å². The van der Waals surface area contributed by atoms with Gasteiger partial charge in [-0.25, -0.2) is 4.79 Å². The van der Waals surface area contributed by atoms with E-state index in [1.807, 2.05) is 6.07 Å². The number of nitrogens with one attached hydrogen (secondary N) is 2. The van der Waals surface area contributed by atoms with E-state index in [-0.39, 0.29) is 17.2 Å². The smallest absolute Gasteiger partial charge is 0.337 e. The van der Waals surface area contributed by atoms with Crippen LogP contribution in [0.3, 0.4) is 0 Å². The predicted molar refractivity (Wildman–Crippen MR) is 77.3 cm³/mol. The van der Waals surface area contributed by atoms with E-state index in [2.05, 4.69) is 10.6 Å². The van der Waals surface area contributed by atoms with Crippen LogP contribution in [0.15, 0.2) is 48.5 Å². The SMILES string of the molecule is CNc1ccccc1C(=O)Nc1ccccc1C(=O)O. The average Bonchev–Trinajstić information content (AvgIpc) is 2.47. The van der Waals surface area contributed by atoms with Crippen molar-refractivity contribution in [3.63, 3.8) is 0 Å². The van der Waals surface area contributed by atoms with E-state index in [4.69, 9.17) is 5.11 Å². The van der Waals surface area contributed by atoms with E-state index < -0.39 is 5.97 Å². The molecular formula is C15H14N2O3. The first kappa shape index (κ1) is 13.6. The van der Waals surface area contributed by atoms with Crippen LogP contribution in [0.4, 0.5) is 11.4 Å². The van der Waals surface area contributed by atoms with E-state index >= 15 is 0 Å². The van der Waals surface area contributed by atoms with Crippen molar-refractivity contribution in [1.29, 1.82) is 0 Å². The first-order valence-electron chi connectivity index (χ1n) is 6.04. The summed E-state index contributed by atoms with van der Waals surface area (Å²) in [6.45, 7) is 0. The summed E-state index contributed by atoms with van der Waals surface area (Å²) in [6.07, 6.45) is 0. The number of rotatable bonds is 4. The quantitative estimate of drug-likeness (QED) is 0.798. The Kier molecular flexibility index (Phi) is 4.00. The van der Waals surface area contributed by atoms with Gasteiger partial charge >= 0.3 is 5.97 Å². The van der Waals surface area contributed by atoms with Gasteiger partial charge in [-0.2, -0.15) is 0 Å². The van der Waals surface area contributed by atoms with Gasteiger partial charge in [-0.15, -0.1) is 0 Å².